The number of carbonyl (C=O) groups excluding carboxylic acids is 1. The first-order valence-electron chi connectivity index (χ1n) is 4.90. The van der Waals surface area contributed by atoms with Crippen molar-refractivity contribution in [2.45, 2.75) is 6.92 Å². The number of nitrogens with zero attached hydrogens (tertiary/aromatic N) is 1. The van der Waals surface area contributed by atoms with Crippen LogP contribution in [0.15, 0.2) is 18.2 Å². The summed E-state index contributed by atoms with van der Waals surface area (Å²) in [6.07, 6.45) is 0. The third kappa shape index (κ3) is 3.10. The molecule has 0 spiro atoms. The molecule has 5 nitrogen and oxygen atoms in total. The standard InChI is InChI=1S/C11H12ClNO4/c1-3-17-9-5-4-7(6-8(9)12)13(2)10(14)11(15)16/h4-6H,3H2,1-2H3,(H,15,16). The quantitative estimate of drug-likeness (QED) is 0.839. The highest BCUT2D eigenvalue weighted by molar-refractivity contribution is 6.37. The van der Waals surface area contributed by atoms with Crippen LogP contribution < -0.4 is 9.64 Å². The van der Waals surface area contributed by atoms with Crippen molar-refractivity contribution in [2.24, 2.45) is 0 Å². The molecule has 17 heavy (non-hydrogen) atoms. The highest BCUT2D eigenvalue weighted by Gasteiger charge is 2.19. The number of benzene rings is 1. The number of hydrogen-bond acceptors (Lipinski definition) is 3. The normalized spacial score (nSPS) is 9.82. The summed E-state index contributed by atoms with van der Waals surface area (Å²) in [4.78, 5) is 22.7. The molecule has 0 heterocycles. The molecule has 6 heteroatoms. The van der Waals surface area contributed by atoms with Crippen LogP contribution in [0, 0.1) is 0 Å². The third-order valence-corrected chi connectivity index (χ3v) is 2.39. The molecule has 0 aliphatic carbocycles. The van der Waals surface area contributed by atoms with Crippen molar-refractivity contribution in [3.8, 4) is 5.75 Å². The van der Waals surface area contributed by atoms with Crippen LogP contribution >= 0.6 is 11.6 Å². The number of halogens is 1. The second-order valence-corrected chi connectivity index (χ2v) is 3.62. The first-order valence-corrected chi connectivity index (χ1v) is 5.28. The van der Waals surface area contributed by atoms with Crippen molar-refractivity contribution in [1.29, 1.82) is 0 Å². The lowest BCUT2D eigenvalue weighted by molar-refractivity contribution is -0.148. The molecule has 0 fully saturated rings. The predicted octanol–water partition coefficient (Wildman–Crippen LogP) is 1.79. The van der Waals surface area contributed by atoms with Gasteiger partial charge in [-0.2, -0.15) is 0 Å². The van der Waals surface area contributed by atoms with E-state index in [4.69, 9.17) is 21.4 Å². The summed E-state index contributed by atoms with van der Waals surface area (Å²) in [5.74, 6) is -2.04. The summed E-state index contributed by atoms with van der Waals surface area (Å²) in [5.41, 5.74) is 0.394. The highest BCUT2D eigenvalue weighted by Crippen LogP contribution is 2.29. The van der Waals surface area contributed by atoms with Gasteiger partial charge < -0.3 is 14.7 Å². The Labute approximate surface area is 104 Å². The number of ether oxygens (including phenoxy) is 1. The average Bonchev–Trinajstić information content (AvgIpc) is 2.30. The lowest BCUT2D eigenvalue weighted by Gasteiger charge is -2.16. The Hall–Kier alpha value is -1.75. The minimum atomic E-state index is -1.52. The fourth-order valence-electron chi connectivity index (χ4n) is 1.23. The Bertz CT molecular complexity index is 447. The lowest BCUT2D eigenvalue weighted by atomic mass is 10.2. The summed E-state index contributed by atoms with van der Waals surface area (Å²) in [7, 11) is 1.36. The number of likely N-dealkylation sites (N-methyl/N-ethyl adjacent to an activating group) is 1. The van der Waals surface area contributed by atoms with Gasteiger partial charge in [-0.25, -0.2) is 4.79 Å². The molecule has 0 aliphatic rings. The Morgan fingerprint density at radius 1 is 1.47 bits per heavy atom. The van der Waals surface area contributed by atoms with Gasteiger partial charge in [0.05, 0.1) is 11.6 Å². The monoisotopic (exact) mass is 257 g/mol. The van der Waals surface area contributed by atoms with E-state index in [0.29, 0.717) is 23.1 Å². The number of amides is 1. The van der Waals surface area contributed by atoms with E-state index < -0.39 is 11.9 Å². The Morgan fingerprint density at radius 2 is 2.12 bits per heavy atom. The van der Waals surface area contributed by atoms with Gasteiger partial charge in [-0.05, 0) is 25.1 Å². The lowest BCUT2D eigenvalue weighted by Crippen LogP contribution is -2.32. The van der Waals surface area contributed by atoms with Crippen molar-refractivity contribution in [3.63, 3.8) is 0 Å². The number of carboxylic acid groups (broad SMARTS) is 1. The van der Waals surface area contributed by atoms with E-state index in [0.717, 1.165) is 4.90 Å². The SMILES string of the molecule is CCOc1ccc(N(C)C(=O)C(=O)O)cc1Cl. The smallest absolute Gasteiger partial charge is 0.394 e. The second-order valence-electron chi connectivity index (χ2n) is 3.22. The zero-order valence-corrected chi connectivity index (χ0v) is 10.2. The second kappa shape index (κ2) is 5.54. The summed E-state index contributed by atoms with van der Waals surface area (Å²) < 4.78 is 5.23. The summed E-state index contributed by atoms with van der Waals surface area (Å²) >= 11 is 5.93. The van der Waals surface area contributed by atoms with Crippen LogP contribution in [0.1, 0.15) is 6.92 Å². The van der Waals surface area contributed by atoms with Crippen LogP contribution in [0.25, 0.3) is 0 Å². The van der Waals surface area contributed by atoms with Gasteiger partial charge in [-0.1, -0.05) is 11.6 Å². The molecule has 0 aromatic heterocycles. The van der Waals surface area contributed by atoms with Crippen molar-refractivity contribution >= 4 is 29.2 Å². The van der Waals surface area contributed by atoms with Gasteiger partial charge in [0, 0.05) is 12.7 Å². The maximum Gasteiger partial charge on any atom is 0.394 e. The maximum absolute atomic E-state index is 11.2. The number of anilines is 1. The van der Waals surface area contributed by atoms with Crippen LogP contribution in [0.3, 0.4) is 0 Å². The average molecular weight is 258 g/mol. The molecule has 0 atom stereocenters. The highest BCUT2D eigenvalue weighted by atomic mass is 35.5. The topological polar surface area (TPSA) is 66.8 Å². The molecule has 1 aromatic carbocycles. The van der Waals surface area contributed by atoms with Crippen LogP contribution in [0.2, 0.25) is 5.02 Å². The number of carboxylic acids is 1. The molecular formula is C11H12ClNO4. The van der Waals surface area contributed by atoms with Crippen molar-refractivity contribution in [2.75, 3.05) is 18.6 Å². The predicted molar refractivity (Wildman–Crippen MR) is 63.7 cm³/mol. The van der Waals surface area contributed by atoms with E-state index in [1.165, 1.54) is 13.1 Å². The van der Waals surface area contributed by atoms with E-state index >= 15 is 0 Å². The van der Waals surface area contributed by atoms with Gasteiger partial charge in [0.15, 0.2) is 0 Å². The molecule has 0 saturated carbocycles. The molecule has 0 aliphatic heterocycles. The molecule has 0 radical (unpaired) electrons. The van der Waals surface area contributed by atoms with Crippen molar-refractivity contribution < 1.29 is 19.4 Å². The van der Waals surface area contributed by atoms with E-state index in [9.17, 15) is 9.59 Å². The minimum absolute atomic E-state index is 0.328. The van der Waals surface area contributed by atoms with Gasteiger partial charge in [-0.3, -0.25) is 4.79 Å². The molecule has 0 bridgehead atoms. The molecule has 92 valence electrons. The molecule has 1 N–H and O–H groups in total. The first-order chi connectivity index (χ1) is 7.97. The fraction of sp³-hybridized carbons (Fsp3) is 0.273. The largest absolute Gasteiger partial charge is 0.492 e. The van der Waals surface area contributed by atoms with E-state index in [1.54, 1.807) is 12.1 Å². The number of carbonyl (C=O) groups is 2. The number of aliphatic carboxylic acids is 1. The van der Waals surface area contributed by atoms with Crippen molar-refractivity contribution in [3.05, 3.63) is 23.2 Å². The summed E-state index contributed by atoms with van der Waals surface area (Å²) in [6, 6.07) is 4.64. The third-order valence-electron chi connectivity index (χ3n) is 2.09. The van der Waals surface area contributed by atoms with Gasteiger partial charge in [0.1, 0.15) is 5.75 Å². The Kier molecular flexibility index (Phi) is 4.34. The minimum Gasteiger partial charge on any atom is -0.492 e. The van der Waals surface area contributed by atoms with Gasteiger partial charge in [-0.15, -0.1) is 0 Å². The maximum atomic E-state index is 11.2. The first kappa shape index (κ1) is 13.3. The van der Waals surface area contributed by atoms with Gasteiger partial charge in [0.25, 0.3) is 0 Å². The molecule has 0 unspecified atom stereocenters. The van der Waals surface area contributed by atoms with Crippen LogP contribution in [0.4, 0.5) is 5.69 Å². The van der Waals surface area contributed by atoms with Gasteiger partial charge in [0.2, 0.25) is 0 Å². The summed E-state index contributed by atoms with van der Waals surface area (Å²) in [5, 5.41) is 8.90. The molecular weight excluding hydrogens is 246 g/mol. The van der Waals surface area contributed by atoms with Crippen LogP contribution in [0.5, 0.6) is 5.75 Å². The Balaban J connectivity index is 2.97. The van der Waals surface area contributed by atoms with Crippen molar-refractivity contribution in [1.82, 2.24) is 0 Å². The zero-order chi connectivity index (χ0) is 13.0. The van der Waals surface area contributed by atoms with E-state index in [2.05, 4.69) is 0 Å². The van der Waals surface area contributed by atoms with Crippen LogP contribution in [-0.4, -0.2) is 30.6 Å². The Morgan fingerprint density at radius 3 is 2.59 bits per heavy atom. The number of rotatable bonds is 3. The fourth-order valence-corrected chi connectivity index (χ4v) is 1.46. The molecule has 1 amide bonds. The molecule has 1 aromatic rings. The number of hydrogen-bond donors (Lipinski definition) is 1. The van der Waals surface area contributed by atoms with Gasteiger partial charge >= 0.3 is 11.9 Å². The molecule has 0 saturated heterocycles. The summed E-state index contributed by atoms with van der Waals surface area (Å²) in [6.45, 7) is 2.30. The van der Waals surface area contributed by atoms with Crippen LogP contribution in [-0.2, 0) is 9.59 Å². The van der Waals surface area contributed by atoms with E-state index in [-0.39, 0.29) is 0 Å². The molecule has 1 rings (SSSR count). The zero-order valence-electron chi connectivity index (χ0n) is 9.44. The van der Waals surface area contributed by atoms with E-state index in [1.807, 2.05) is 6.92 Å².